The number of carbonyl (C=O) groups excluding carboxylic acids is 1. The van der Waals surface area contributed by atoms with E-state index in [1.165, 1.54) is 25.3 Å². The van der Waals surface area contributed by atoms with Gasteiger partial charge in [0.1, 0.15) is 5.82 Å². The molecule has 0 N–H and O–H groups in total. The van der Waals surface area contributed by atoms with Gasteiger partial charge in [-0.1, -0.05) is 12.1 Å². The Morgan fingerprint density at radius 3 is 2.82 bits per heavy atom. The lowest BCUT2D eigenvalue weighted by Gasteiger charge is -2.08. The number of hydrogen-bond acceptors (Lipinski definition) is 4. The first-order chi connectivity index (χ1) is 8.04. The monoisotopic (exact) mass is 241 g/mol. The summed E-state index contributed by atoms with van der Waals surface area (Å²) in [5.74, 6) is -1.05. The van der Waals surface area contributed by atoms with Gasteiger partial charge in [-0.2, -0.15) is 0 Å². The number of methoxy groups -OCH3 is 1. The highest BCUT2D eigenvalue weighted by Crippen LogP contribution is 2.22. The van der Waals surface area contributed by atoms with Crippen molar-refractivity contribution in [2.24, 2.45) is 0 Å². The molecule has 0 aliphatic carbocycles. The first kappa shape index (κ1) is 13.1. The Labute approximate surface area is 97.3 Å². The van der Waals surface area contributed by atoms with E-state index >= 15 is 0 Å². The maximum atomic E-state index is 12.9. The SMILES string of the molecule is COC(=O)CCC(c1cccc(F)c1)[N+](=O)[O-]. The van der Waals surface area contributed by atoms with Gasteiger partial charge >= 0.3 is 5.97 Å². The molecule has 0 aromatic heterocycles. The average Bonchev–Trinajstić information content (AvgIpc) is 2.28. The van der Waals surface area contributed by atoms with Crippen LogP contribution in [0.25, 0.3) is 0 Å². The Kier molecular flexibility index (Phi) is 4.56. The molecule has 1 aromatic rings. The second kappa shape index (κ2) is 5.93. The molecule has 0 saturated carbocycles. The van der Waals surface area contributed by atoms with E-state index in [1.54, 1.807) is 0 Å². The van der Waals surface area contributed by atoms with Crippen LogP contribution in [0.15, 0.2) is 24.3 Å². The number of rotatable bonds is 5. The molecule has 92 valence electrons. The highest BCUT2D eigenvalue weighted by molar-refractivity contribution is 5.69. The van der Waals surface area contributed by atoms with Crippen LogP contribution in [0.5, 0.6) is 0 Å². The lowest BCUT2D eigenvalue weighted by atomic mass is 10.0. The van der Waals surface area contributed by atoms with Crippen LogP contribution in [0.4, 0.5) is 4.39 Å². The summed E-state index contributed by atoms with van der Waals surface area (Å²) in [6.07, 6.45) is -0.0816. The van der Waals surface area contributed by atoms with Crippen LogP contribution in [0.1, 0.15) is 24.4 Å². The van der Waals surface area contributed by atoms with Crippen molar-refractivity contribution in [1.29, 1.82) is 0 Å². The van der Waals surface area contributed by atoms with Crippen molar-refractivity contribution in [3.05, 3.63) is 45.8 Å². The van der Waals surface area contributed by atoms with E-state index < -0.39 is 22.8 Å². The van der Waals surface area contributed by atoms with Gasteiger partial charge in [0.25, 0.3) is 0 Å². The second-order valence-electron chi connectivity index (χ2n) is 3.47. The molecule has 0 spiro atoms. The van der Waals surface area contributed by atoms with Gasteiger partial charge in [-0.3, -0.25) is 14.9 Å². The van der Waals surface area contributed by atoms with Crippen LogP contribution in [0.3, 0.4) is 0 Å². The van der Waals surface area contributed by atoms with Crippen molar-refractivity contribution in [2.45, 2.75) is 18.9 Å². The van der Waals surface area contributed by atoms with Crippen molar-refractivity contribution >= 4 is 5.97 Å². The molecule has 5 nitrogen and oxygen atoms in total. The zero-order valence-corrected chi connectivity index (χ0v) is 9.26. The number of ether oxygens (including phenoxy) is 1. The van der Waals surface area contributed by atoms with Crippen LogP contribution < -0.4 is 0 Å². The molecule has 0 heterocycles. The Bertz CT molecular complexity index is 422. The van der Waals surface area contributed by atoms with Gasteiger partial charge in [0.05, 0.1) is 13.5 Å². The van der Waals surface area contributed by atoms with Crippen molar-refractivity contribution in [3.63, 3.8) is 0 Å². The van der Waals surface area contributed by atoms with E-state index in [4.69, 9.17) is 0 Å². The summed E-state index contributed by atoms with van der Waals surface area (Å²) in [6, 6.07) is 4.09. The molecule has 1 aromatic carbocycles. The number of benzene rings is 1. The summed E-state index contributed by atoms with van der Waals surface area (Å²) >= 11 is 0. The Morgan fingerprint density at radius 1 is 1.59 bits per heavy atom. The zero-order chi connectivity index (χ0) is 12.8. The first-order valence-electron chi connectivity index (χ1n) is 5.00. The number of hydrogen-bond donors (Lipinski definition) is 0. The van der Waals surface area contributed by atoms with Crippen LogP contribution in [-0.4, -0.2) is 18.0 Å². The molecule has 0 aliphatic rings. The lowest BCUT2D eigenvalue weighted by Crippen LogP contribution is -2.13. The zero-order valence-electron chi connectivity index (χ0n) is 9.26. The molecule has 0 fully saturated rings. The predicted molar refractivity (Wildman–Crippen MR) is 57.4 cm³/mol. The molecule has 1 atom stereocenters. The maximum absolute atomic E-state index is 12.9. The van der Waals surface area contributed by atoms with Crippen molar-refractivity contribution in [1.82, 2.24) is 0 Å². The highest BCUT2D eigenvalue weighted by Gasteiger charge is 2.24. The van der Waals surface area contributed by atoms with Gasteiger partial charge in [-0.05, 0) is 12.1 Å². The van der Waals surface area contributed by atoms with Crippen molar-refractivity contribution in [2.75, 3.05) is 7.11 Å². The molecule has 1 unspecified atom stereocenters. The van der Waals surface area contributed by atoms with Gasteiger partial charge in [0, 0.05) is 16.9 Å². The molecule has 17 heavy (non-hydrogen) atoms. The minimum atomic E-state index is -1.09. The van der Waals surface area contributed by atoms with E-state index in [0.29, 0.717) is 0 Å². The smallest absolute Gasteiger partial charge is 0.305 e. The standard InChI is InChI=1S/C11H12FNO4/c1-17-11(14)6-5-10(13(15)16)8-3-2-4-9(12)7-8/h2-4,7,10H,5-6H2,1H3. The predicted octanol–water partition coefficient (Wildman–Crippen LogP) is 2.10. The first-order valence-corrected chi connectivity index (χ1v) is 5.00. The van der Waals surface area contributed by atoms with E-state index in [1.807, 2.05) is 0 Å². The topological polar surface area (TPSA) is 69.4 Å². The highest BCUT2D eigenvalue weighted by atomic mass is 19.1. The third-order valence-electron chi connectivity index (χ3n) is 2.34. The third kappa shape index (κ3) is 3.82. The fraction of sp³-hybridized carbons (Fsp3) is 0.364. The number of nitro groups is 1. The van der Waals surface area contributed by atoms with Crippen LogP contribution in [0.2, 0.25) is 0 Å². The second-order valence-corrected chi connectivity index (χ2v) is 3.47. The number of halogens is 1. The summed E-state index contributed by atoms with van der Waals surface area (Å²) in [7, 11) is 1.21. The Balaban J connectivity index is 2.79. The number of nitrogens with zero attached hydrogens (tertiary/aromatic N) is 1. The molecule has 0 aliphatic heterocycles. The fourth-order valence-corrected chi connectivity index (χ4v) is 1.46. The van der Waals surface area contributed by atoms with E-state index in [9.17, 15) is 19.3 Å². The Morgan fingerprint density at radius 2 is 2.29 bits per heavy atom. The van der Waals surface area contributed by atoms with E-state index in [-0.39, 0.29) is 18.4 Å². The summed E-state index contributed by atoms with van der Waals surface area (Å²) in [6.45, 7) is 0. The summed E-state index contributed by atoms with van der Waals surface area (Å²) in [5, 5.41) is 10.8. The average molecular weight is 241 g/mol. The molecular weight excluding hydrogens is 229 g/mol. The van der Waals surface area contributed by atoms with Gasteiger partial charge in [0.15, 0.2) is 0 Å². The third-order valence-corrected chi connectivity index (χ3v) is 2.34. The number of esters is 1. The minimum absolute atomic E-state index is 0.0108. The van der Waals surface area contributed by atoms with Gasteiger partial charge in [-0.15, -0.1) is 0 Å². The summed E-state index contributed by atoms with van der Waals surface area (Å²) < 4.78 is 17.3. The fourth-order valence-electron chi connectivity index (χ4n) is 1.46. The van der Waals surface area contributed by atoms with Crippen LogP contribution >= 0.6 is 0 Å². The summed E-state index contributed by atoms with van der Waals surface area (Å²) in [4.78, 5) is 21.2. The minimum Gasteiger partial charge on any atom is -0.469 e. The normalized spacial score (nSPS) is 11.9. The van der Waals surface area contributed by atoms with Crippen LogP contribution in [0, 0.1) is 15.9 Å². The molecular formula is C11H12FNO4. The van der Waals surface area contributed by atoms with Crippen LogP contribution in [-0.2, 0) is 9.53 Å². The maximum Gasteiger partial charge on any atom is 0.305 e. The van der Waals surface area contributed by atoms with Gasteiger partial charge in [0.2, 0.25) is 6.04 Å². The molecule has 6 heteroatoms. The number of carbonyl (C=O) groups is 1. The van der Waals surface area contributed by atoms with E-state index in [2.05, 4.69) is 4.74 Å². The van der Waals surface area contributed by atoms with Crippen molar-refractivity contribution in [3.8, 4) is 0 Å². The van der Waals surface area contributed by atoms with Crippen molar-refractivity contribution < 1.29 is 18.8 Å². The molecule has 1 rings (SSSR count). The molecule has 0 amide bonds. The molecule has 0 saturated heterocycles. The van der Waals surface area contributed by atoms with Gasteiger partial charge in [-0.25, -0.2) is 4.39 Å². The molecule has 0 bridgehead atoms. The molecule has 0 radical (unpaired) electrons. The van der Waals surface area contributed by atoms with Gasteiger partial charge < -0.3 is 4.74 Å². The summed E-state index contributed by atoms with van der Waals surface area (Å²) in [5.41, 5.74) is 0.249. The quantitative estimate of drug-likeness (QED) is 0.449. The van der Waals surface area contributed by atoms with E-state index in [0.717, 1.165) is 6.07 Å². The Hall–Kier alpha value is -1.98. The largest absolute Gasteiger partial charge is 0.469 e. The lowest BCUT2D eigenvalue weighted by molar-refractivity contribution is -0.530.